The molecular weight excluding hydrogens is 282 g/mol. The fourth-order valence-electron chi connectivity index (χ4n) is 2.02. The topological polar surface area (TPSA) is 64.9 Å². The van der Waals surface area contributed by atoms with E-state index in [4.69, 9.17) is 10.2 Å². The molecule has 1 atom stereocenters. The number of benzene rings is 1. The number of oxazole rings is 1. The maximum absolute atomic E-state index is 5.95. The first-order chi connectivity index (χ1) is 10.2. The first-order valence-electron chi connectivity index (χ1n) is 6.98. The molecule has 2 heterocycles. The number of rotatable bonds is 5. The van der Waals surface area contributed by atoms with E-state index < -0.39 is 0 Å². The summed E-state index contributed by atoms with van der Waals surface area (Å²) < 4.78 is 5.68. The van der Waals surface area contributed by atoms with Crippen LogP contribution in [0.1, 0.15) is 18.9 Å². The quantitative estimate of drug-likeness (QED) is 0.779. The third-order valence-electron chi connectivity index (χ3n) is 3.29. The van der Waals surface area contributed by atoms with E-state index in [-0.39, 0.29) is 6.04 Å². The van der Waals surface area contributed by atoms with Crippen LogP contribution in [-0.4, -0.2) is 16.0 Å². The largest absolute Gasteiger partial charge is 0.431 e. The summed E-state index contributed by atoms with van der Waals surface area (Å²) >= 11 is 1.43. The predicted molar refractivity (Wildman–Crippen MR) is 84.3 cm³/mol. The number of nitrogens with zero attached hydrogens (tertiary/aromatic N) is 2. The van der Waals surface area contributed by atoms with Gasteiger partial charge in [0, 0.05) is 12.2 Å². The van der Waals surface area contributed by atoms with Crippen molar-refractivity contribution in [3.8, 4) is 0 Å². The van der Waals surface area contributed by atoms with Crippen LogP contribution < -0.4 is 5.73 Å². The van der Waals surface area contributed by atoms with Gasteiger partial charge in [-0.2, -0.15) is 0 Å². The van der Waals surface area contributed by atoms with Crippen molar-refractivity contribution >= 4 is 22.9 Å². The molecule has 1 unspecified atom stereocenters. The van der Waals surface area contributed by atoms with Crippen LogP contribution in [0.15, 0.2) is 57.3 Å². The molecule has 5 heteroatoms. The fourth-order valence-corrected chi connectivity index (χ4v) is 2.72. The molecule has 2 aromatic heterocycles. The lowest BCUT2D eigenvalue weighted by Crippen LogP contribution is -2.21. The molecule has 1 aromatic carbocycles. The Hall–Kier alpha value is -1.85. The van der Waals surface area contributed by atoms with Gasteiger partial charge in [-0.3, -0.25) is 0 Å². The van der Waals surface area contributed by atoms with Crippen LogP contribution in [0, 0.1) is 0 Å². The average Bonchev–Trinajstić information content (AvgIpc) is 2.91. The maximum Gasteiger partial charge on any atom is 0.263 e. The lowest BCUT2D eigenvalue weighted by atomic mass is 10.1. The smallest absolute Gasteiger partial charge is 0.263 e. The highest BCUT2D eigenvalue weighted by Gasteiger charge is 2.08. The van der Waals surface area contributed by atoms with Crippen LogP contribution in [0.5, 0.6) is 0 Å². The Kier molecular flexibility index (Phi) is 4.22. The number of nitrogens with two attached hydrogens (primary N) is 1. The zero-order valence-electron chi connectivity index (χ0n) is 11.8. The minimum absolute atomic E-state index is 0.197. The van der Waals surface area contributed by atoms with Gasteiger partial charge in [0.1, 0.15) is 10.5 Å². The van der Waals surface area contributed by atoms with Crippen molar-refractivity contribution in [1.29, 1.82) is 0 Å². The molecule has 4 nitrogen and oxygen atoms in total. The molecule has 0 radical (unpaired) electrons. The first-order valence-corrected chi connectivity index (χ1v) is 7.80. The Labute approximate surface area is 127 Å². The highest BCUT2D eigenvalue weighted by molar-refractivity contribution is 7.99. The third-order valence-corrected chi connectivity index (χ3v) is 4.09. The van der Waals surface area contributed by atoms with Crippen molar-refractivity contribution in [3.63, 3.8) is 0 Å². The average molecular weight is 299 g/mol. The van der Waals surface area contributed by atoms with Crippen LogP contribution in [0.4, 0.5) is 0 Å². The first kappa shape index (κ1) is 14.1. The lowest BCUT2D eigenvalue weighted by molar-refractivity contribution is 0.489. The molecule has 0 spiro atoms. The Bertz CT molecular complexity index is 691. The van der Waals surface area contributed by atoms with Crippen LogP contribution in [0.3, 0.4) is 0 Å². The second-order valence-electron chi connectivity index (χ2n) is 4.93. The van der Waals surface area contributed by atoms with Gasteiger partial charge in [-0.25, -0.2) is 9.97 Å². The second-order valence-corrected chi connectivity index (χ2v) is 5.90. The minimum atomic E-state index is 0.197. The molecule has 0 aliphatic heterocycles. The third kappa shape index (κ3) is 3.43. The highest BCUT2D eigenvalue weighted by Crippen LogP contribution is 2.28. The van der Waals surface area contributed by atoms with Gasteiger partial charge in [-0.1, -0.05) is 25.1 Å². The Morgan fingerprint density at radius 1 is 1.24 bits per heavy atom. The molecule has 0 saturated heterocycles. The molecule has 0 aliphatic carbocycles. The standard InChI is InChI=1S/C16H17N3OS/c1-2-12(17)9-11-7-8-15(18-10-11)21-16-19-13-5-3-4-6-14(13)20-16/h3-8,10,12H,2,9,17H2,1H3. The molecule has 21 heavy (non-hydrogen) atoms. The number of aromatic nitrogens is 2. The van der Waals surface area contributed by atoms with E-state index in [9.17, 15) is 0 Å². The molecule has 0 bridgehead atoms. The monoisotopic (exact) mass is 299 g/mol. The zero-order valence-corrected chi connectivity index (χ0v) is 12.6. The number of para-hydroxylation sites is 2. The van der Waals surface area contributed by atoms with Gasteiger partial charge in [0.2, 0.25) is 0 Å². The van der Waals surface area contributed by atoms with Gasteiger partial charge in [0.15, 0.2) is 5.58 Å². The van der Waals surface area contributed by atoms with Gasteiger partial charge < -0.3 is 10.2 Å². The number of hydrogen-bond acceptors (Lipinski definition) is 5. The summed E-state index contributed by atoms with van der Waals surface area (Å²) in [7, 11) is 0. The summed E-state index contributed by atoms with van der Waals surface area (Å²) in [4.78, 5) is 8.87. The lowest BCUT2D eigenvalue weighted by Gasteiger charge is -2.08. The Balaban J connectivity index is 1.72. The highest BCUT2D eigenvalue weighted by atomic mass is 32.2. The normalized spacial score (nSPS) is 12.7. The van der Waals surface area contributed by atoms with Gasteiger partial charge in [0.25, 0.3) is 5.22 Å². The van der Waals surface area contributed by atoms with Crippen LogP contribution >= 0.6 is 11.8 Å². The molecule has 3 aromatic rings. The van der Waals surface area contributed by atoms with Crippen molar-refractivity contribution < 1.29 is 4.42 Å². The van der Waals surface area contributed by atoms with Gasteiger partial charge in [-0.15, -0.1) is 0 Å². The van der Waals surface area contributed by atoms with Gasteiger partial charge in [0.05, 0.1) is 0 Å². The van der Waals surface area contributed by atoms with E-state index in [1.807, 2.05) is 36.5 Å². The van der Waals surface area contributed by atoms with E-state index >= 15 is 0 Å². The van der Waals surface area contributed by atoms with E-state index in [1.165, 1.54) is 11.8 Å². The van der Waals surface area contributed by atoms with Crippen molar-refractivity contribution in [3.05, 3.63) is 48.2 Å². The molecule has 0 fully saturated rings. The molecule has 108 valence electrons. The van der Waals surface area contributed by atoms with Crippen molar-refractivity contribution in [2.45, 2.75) is 36.1 Å². The second kappa shape index (κ2) is 6.28. The fraction of sp³-hybridized carbons (Fsp3) is 0.250. The van der Waals surface area contributed by atoms with E-state index in [1.54, 1.807) is 0 Å². The molecule has 0 saturated carbocycles. The van der Waals surface area contributed by atoms with Crippen molar-refractivity contribution in [2.75, 3.05) is 0 Å². The van der Waals surface area contributed by atoms with Gasteiger partial charge >= 0.3 is 0 Å². The number of pyridine rings is 1. The summed E-state index contributed by atoms with van der Waals surface area (Å²) in [6.07, 6.45) is 3.71. The zero-order chi connectivity index (χ0) is 14.7. The molecule has 0 aliphatic rings. The summed E-state index contributed by atoms with van der Waals surface area (Å²) in [5, 5.41) is 1.48. The van der Waals surface area contributed by atoms with Crippen molar-refractivity contribution in [1.82, 2.24) is 9.97 Å². The van der Waals surface area contributed by atoms with Crippen LogP contribution in [0.25, 0.3) is 11.1 Å². The van der Waals surface area contributed by atoms with E-state index in [0.29, 0.717) is 5.22 Å². The molecular formula is C16H17N3OS. The molecule has 2 N–H and O–H groups in total. The van der Waals surface area contributed by atoms with Gasteiger partial charge in [-0.05, 0) is 48.4 Å². The molecule has 3 rings (SSSR count). The molecule has 0 amide bonds. The number of fused-ring (bicyclic) bond motifs is 1. The SMILES string of the molecule is CCC(N)Cc1ccc(Sc2nc3ccccc3o2)nc1. The predicted octanol–water partition coefficient (Wildman–Crippen LogP) is 3.65. The summed E-state index contributed by atoms with van der Waals surface area (Å²) in [5.41, 5.74) is 8.77. The van der Waals surface area contributed by atoms with Crippen LogP contribution in [-0.2, 0) is 6.42 Å². The number of hydrogen-bond donors (Lipinski definition) is 1. The van der Waals surface area contributed by atoms with Crippen molar-refractivity contribution in [2.24, 2.45) is 5.73 Å². The summed E-state index contributed by atoms with van der Waals surface area (Å²) in [6.45, 7) is 2.09. The summed E-state index contributed by atoms with van der Waals surface area (Å²) in [6, 6.07) is 12.0. The summed E-state index contributed by atoms with van der Waals surface area (Å²) in [5.74, 6) is 0. The maximum atomic E-state index is 5.95. The Morgan fingerprint density at radius 2 is 2.10 bits per heavy atom. The van der Waals surface area contributed by atoms with Crippen LogP contribution in [0.2, 0.25) is 0 Å². The Morgan fingerprint density at radius 3 is 2.81 bits per heavy atom. The minimum Gasteiger partial charge on any atom is -0.431 e. The van der Waals surface area contributed by atoms with E-state index in [0.717, 1.165) is 34.5 Å². The van der Waals surface area contributed by atoms with E-state index in [2.05, 4.69) is 23.0 Å².